The first kappa shape index (κ1) is 13.5. The Morgan fingerprint density at radius 3 is 2.47 bits per heavy atom. The van der Waals surface area contributed by atoms with E-state index in [1.165, 1.54) is 4.88 Å². The number of thiophene rings is 1. The summed E-state index contributed by atoms with van der Waals surface area (Å²) in [5.41, 5.74) is 0. The Balaban J connectivity index is 2.60. The van der Waals surface area contributed by atoms with E-state index in [0.29, 0.717) is 0 Å². The zero-order chi connectivity index (χ0) is 11.6. The fraction of sp³-hybridized carbons (Fsp3) is 0.600. The van der Waals surface area contributed by atoms with E-state index >= 15 is 0 Å². The number of halogens is 1. The minimum atomic E-state index is -1.02. The van der Waals surface area contributed by atoms with Crippen molar-refractivity contribution in [3.8, 4) is 0 Å². The Labute approximate surface area is 107 Å². The first-order valence-corrected chi connectivity index (χ1v) is 7.50. The SMILES string of the molecule is CC(N[S@@+]([O-])C(C)(C)C)c1ccc(Br)s1. The van der Waals surface area contributed by atoms with Crippen molar-refractivity contribution in [2.24, 2.45) is 0 Å². The van der Waals surface area contributed by atoms with E-state index in [0.717, 1.165) is 3.79 Å². The summed E-state index contributed by atoms with van der Waals surface area (Å²) in [5, 5.41) is 0. The van der Waals surface area contributed by atoms with Gasteiger partial charge in [0.05, 0.1) is 9.83 Å². The summed E-state index contributed by atoms with van der Waals surface area (Å²) in [6.07, 6.45) is 0. The van der Waals surface area contributed by atoms with Crippen molar-refractivity contribution in [1.29, 1.82) is 0 Å². The van der Waals surface area contributed by atoms with Crippen LogP contribution in [0, 0.1) is 0 Å². The van der Waals surface area contributed by atoms with Crippen LogP contribution in [0.15, 0.2) is 15.9 Å². The summed E-state index contributed by atoms with van der Waals surface area (Å²) in [6, 6.07) is 4.19. The van der Waals surface area contributed by atoms with Gasteiger partial charge in [0.15, 0.2) is 0 Å². The molecule has 1 N–H and O–H groups in total. The van der Waals surface area contributed by atoms with Gasteiger partial charge in [-0.25, -0.2) is 0 Å². The van der Waals surface area contributed by atoms with Crippen molar-refractivity contribution < 1.29 is 4.55 Å². The lowest BCUT2D eigenvalue weighted by Gasteiger charge is -2.26. The molecular formula is C10H16BrNOS2. The van der Waals surface area contributed by atoms with Gasteiger partial charge in [0.2, 0.25) is 0 Å². The molecule has 86 valence electrons. The zero-order valence-electron chi connectivity index (χ0n) is 9.33. The molecule has 1 aromatic rings. The van der Waals surface area contributed by atoms with Crippen molar-refractivity contribution in [2.45, 2.75) is 38.5 Å². The second-order valence-corrected chi connectivity index (χ2v) is 8.86. The van der Waals surface area contributed by atoms with Crippen molar-refractivity contribution in [1.82, 2.24) is 4.72 Å². The Bertz CT molecular complexity index is 321. The van der Waals surface area contributed by atoms with Crippen molar-refractivity contribution in [3.63, 3.8) is 0 Å². The molecule has 5 heteroatoms. The van der Waals surface area contributed by atoms with Crippen LogP contribution in [0.2, 0.25) is 0 Å². The van der Waals surface area contributed by atoms with E-state index in [9.17, 15) is 4.55 Å². The van der Waals surface area contributed by atoms with E-state index in [2.05, 4.69) is 20.7 Å². The van der Waals surface area contributed by atoms with E-state index < -0.39 is 11.4 Å². The van der Waals surface area contributed by atoms with Gasteiger partial charge >= 0.3 is 0 Å². The summed E-state index contributed by atoms with van der Waals surface area (Å²) in [6.45, 7) is 7.93. The molecule has 0 saturated heterocycles. The molecule has 0 saturated carbocycles. The summed E-state index contributed by atoms with van der Waals surface area (Å²) < 4.78 is 15.8. The Morgan fingerprint density at radius 2 is 2.07 bits per heavy atom. The third-order valence-electron chi connectivity index (χ3n) is 1.86. The molecule has 0 amide bonds. The highest BCUT2D eigenvalue weighted by Gasteiger charge is 2.28. The summed E-state index contributed by atoms with van der Waals surface area (Å²) in [5.74, 6) is 0. The number of hydrogen-bond donors (Lipinski definition) is 1. The van der Waals surface area contributed by atoms with Gasteiger partial charge in [0, 0.05) is 16.2 Å². The third-order valence-corrected chi connectivity index (χ3v) is 5.35. The van der Waals surface area contributed by atoms with Crippen molar-refractivity contribution in [3.05, 3.63) is 20.8 Å². The maximum atomic E-state index is 11.8. The molecule has 0 aliphatic heterocycles. The highest BCUT2D eigenvalue weighted by Crippen LogP contribution is 2.28. The van der Waals surface area contributed by atoms with Gasteiger partial charge in [0.25, 0.3) is 0 Å². The van der Waals surface area contributed by atoms with E-state index in [4.69, 9.17) is 0 Å². The molecule has 15 heavy (non-hydrogen) atoms. The van der Waals surface area contributed by atoms with Crippen LogP contribution in [0.1, 0.15) is 38.6 Å². The first-order chi connectivity index (χ1) is 6.80. The second kappa shape index (κ2) is 5.19. The van der Waals surface area contributed by atoms with Crippen LogP contribution in [0.3, 0.4) is 0 Å². The lowest BCUT2D eigenvalue weighted by Crippen LogP contribution is -2.40. The average molecular weight is 310 g/mol. The van der Waals surface area contributed by atoms with Crippen molar-refractivity contribution >= 4 is 38.6 Å². The highest BCUT2D eigenvalue weighted by molar-refractivity contribution is 9.11. The molecule has 1 aromatic heterocycles. The van der Waals surface area contributed by atoms with E-state index in [-0.39, 0.29) is 10.8 Å². The van der Waals surface area contributed by atoms with E-state index in [1.807, 2.05) is 39.8 Å². The van der Waals surface area contributed by atoms with Crippen LogP contribution < -0.4 is 4.72 Å². The molecule has 2 atom stereocenters. The van der Waals surface area contributed by atoms with Gasteiger partial charge in [-0.3, -0.25) is 0 Å². The molecule has 0 fully saturated rings. The normalized spacial score (nSPS) is 16.4. The lowest BCUT2D eigenvalue weighted by atomic mass is 10.3. The summed E-state index contributed by atoms with van der Waals surface area (Å²) in [4.78, 5) is 1.19. The third kappa shape index (κ3) is 4.07. The van der Waals surface area contributed by atoms with Gasteiger partial charge in [0.1, 0.15) is 4.75 Å². The van der Waals surface area contributed by atoms with Crippen LogP contribution in [-0.2, 0) is 11.4 Å². The molecule has 0 aliphatic carbocycles. The minimum Gasteiger partial charge on any atom is -0.598 e. The molecule has 0 bridgehead atoms. The van der Waals surface area contributed by atoms with Crippen LogP contribution >= 0.6 is 27.3 Å². The predicted molar refractivity (Wildman–Crippen MR) is 71.5 cm³/mol. The van der Waals surface area contributed by atoms with Crippen LogP contribution in [-0.4, -0.2) is 9.30 Å². The average Bonchev–Trinajstić information content (AvgIpc) is 2.50. The lowest BCUT2D eigenvalue weighted by molar-refractivity contribution is 0.532. The Kier molecular flexibility index (Phi) is 4.67. The largest absolute Gasteiger partial charge is 0.598 e. The Morgan fingerprint density at radius 1 is 1.47 bits per heavy atom. The van der Waals surface area contributed by atoms with Crippen LogP contribution in [0.4, 0.5) is 0 Å². The molecule has 1 rings (SSSR count). The number of hydrogen-bond acceptors (Lipinski definition) is 3. The standard InChI is InChI=1S/C10H16BrNOS2/c1-7(8-5-6-9(11)14-8)12-15(13)10(2,3)4/h5-7,12H,1-4H3/t7?,15-/m0/s1. The quantitative estimate of drug-likeness (QED) is 0.865. The molecule has 1 unspecified atom stereocenters. The second-order valence-electron chi connectivity index (χ2n) is 4.36. The Hall–Kier alpha value is 0.450. The van der Waals surface area contributed by atoms with Crippen molar-refractivity contribution in [2.75, 3.05) is 0 Å². The van der Waals surface area contributed by atoms with Crippen LogP contribution in [0.25, 0.3) is 0 Å². The molecule has 0 spiro atoms. The maximum Gasteiger partial charge on any atom is 0.136 e. The summed E-state index contributed by atoms with van der Waals surface area (Å²) in [7, 11) is 0. The van der Waals surface area contributed by atoms with Gasteiger partial charge < -0.3 is 4.55 Å². The summed E-state index contributed by atoms with van der Waals surface area (Å²) >= 11 is 4.07. The fourth-order valence-electron chi connectivity index (χ4n) is 0.956. The predicted octanol–water partition coefficient (Wildman–Crippen LogP) is 3.62. The van der Waals surface area contributed by atoms with Gasteiger partial charge in [-0.05, 0) is 55.8 Å². The maximum absolute atomic E-state index is 11.8. The topological polar surface area (TPSA) is 35.1 Å². The van der Waals surface area contributed by atoms with Gasteiger partial charge in [-0.1, -0.05) is 0 Å². The molecule has 0 aliphatic rings. The van der Waals surface area contributed by atoms with E-state index in [1.54, 1.807) is 11.3 Å². The van der Waals surface area contributed by atoms with Gasteiger partial charge in [-0.15, -0.1) is 16.1 Å². The molecule has 0 aromatic carbocycles. The van der Waals surface area contributed by atoms with Crippen LogP contribution in [0.5, 0.6) is 0 Å². The minimum absolute atomic E-state index is 0.126. The zero-order valence-corrected chi connectivity index (χ0v) is 12.6. The first-order valence-electron chi connectivity index (χ1n) is 4.74. The number of nitrogens with one attached hydrogen (secondary N) is 1. The monoisotopic (exact) mass is 309 g/mol. The molecule has 2 nitrogen and oxygen atoms in total. The molecular weight excluding hydrogens is 294 g/mol. The highest BCUT2D eigenvalue weighted by atomic mass is 79.9. The fourth-order valence-corrected chi connectivity index (χ4v) is 3.26. The smallest absolute Gasteiger partial charge is 0.136 e. The molecule has 0 radical (unpaired) electrons. The number of rotatable bonds is 3. The van der Waals surface area contributed by atoms with Gasteiger partial charge in [-0.2, -0.15) is 0 Å². The molecule has 1 heterocycles.